The molecule has 194 valence electrons. The highest BCUT2D eigenvalue weighted by Crippen LogP contribution is 2.28. The standard InChI is InChI=1S/C23H21N3O8S3/c27-21(24-30)19(11-6-12-26-22(28)17-9-4-5-10-18(17)23(26)29)25-37(33,34)20-13-16(14-35-20)36(31,32)15-7-2-1-3-8-15/h1-5,7-10,13-14,19,25,30H,6,11-12H2,(H,24,27)/t19-/m1/s1. The van der Waals surface area contributed by atoms with Gasteiger partial charge in [0.25, 0.3) is 27.7 Å². The molecule has 0 fully saturated rings. The normalized spacial score (nSPS) is 14.5. The van der Waals surface area contributed by atoms with Crippen LogP contribution in [0.3, 0.4) is 0 Å². The highest BCUT2D eigenvalue weighted by atomic mass is 32.2. The van der Waals surface area contributed by atoms with Crippen molar-refractivity contribution in [3.8, 4) is 0 Å². The Hall–Kier alpha value is -3.43. The van der Waals surface area contributed by atoms with Gasteiger partial charge in [-0.3, -0.25) is 24.5 Å². The topological polar surface area (TPSA) is 167 Å². The summed E-state index contributed by atoms with van der Waals surface area (Å²) in [6.45, 7) is -0.0816. The van der Waals surface area contributed by atoms with Gasteiger partial charge in [0.2, 0.25) is 9.84 Å². The van der Waals surface area contributed by atoms with E-state index in [1.807, 2.05) is 0 Å². The van der Waals surface area contributed by atoms with Gasteiger partial charge in [-0.1, -0.05) is 30.3 Å². The first-order valence-corrected chi connectivity index (χ1v) is 14.7. The van der Waals surface area contributed by atoms with Crippen molar-refractivity contribution in [3.63, 3.8) is 0 Å². The van der Waals surface area contributed by atoms with E-state index in [2.05, 4.69) is 4.72 Å². The quantitative estimate of drug-likeness (QED) is 0.191. The van der Waals surface area contributed by atoms with Crippen LogP contribution in [0.15, 0.2) is 80.0 Å². The molecule has 37 heavy (non-hydrogen) atoms. The molecule has 4 rings (SSSR count). The zero-order chi connectivity index (χ0) is 26.8. The molecule has 11 nitrogen and oxygen atoms in total. The van der Waals surface area contributed by atoms with Crippen LogP contribution in [0.2, 0.25) is 0 Å². The maximum atomic E-state index is 12.9. The fourth-order valence-corrected chi connectivity index (χ4v) is 7.93. The molecule has 14 heteroatoms. The van der Waals surface area contributed by atoms with Gasteiger partial charge in [-0.05, 0) is 43.2 Å². The molecule has 3 aromatic rings. The molecule has 0 saturated carbocycles. The molecule has 1 atom stereocenters. The van der Waals surface area contributed by atoms with E-state index in [4.69, 9.17) is 5.21 Å². The number of benzene rings is 2. The molecule has 1 aliphatic heterocycles. The van der Waals surface area contributed by atoms with E-state index in [0.29, 0.717) is 11.3 Å². The molecule has 2 heterocycles. The van der Waals surface area contributed by atoms with Crippen LogP contribution in [0.4, 0.5) is 0 Å². The maximum absolute atomic E-state index is 12.9. The minimum absolute atomic E-state index is 0.00426. The van der Waals surface area contributed by atoms with Crippen LogP contribution in [0, 0.1) is 0 Å². The smallest absolute Gasteiger partial charge is 0.261 e. The summed E-state index contributed by atoms with van der Waals surface area (Å²) in [5.74, 6) is -2.04. The van der Waals surface area contributed by atoms with Crippen molar-refractivity contribution in [2.75, 3.05) is 6.54 Å². The van der Waals surface area contributed by atoms with E-state index in [9.17, 15) is 31.2 Å². The number of imide groups is 1. The van der Waals surface area contributed by atoms with Crippen molar-refractivity contribution in [1.29, 1.82) is 0 Å². The van der Waals surface area contributed by atoms with Gasteiger partial charge in [0.05, 0.1) is 20.9 Å². The van der Waals surface area contributed by atoms with Crippen LogP contribution in [-0.4, -0.2) is 57.3 Å². The fourth-order valence-electron chi connectivity index (χ4n) is 3.78. The molecule has 1 aromatic heterocycles. The van der Waals surface area contributed by atoms with Crippen LogP contribution in [0.25, 0.3) is 0 Å². The number of sulfone groups is 1. The van der Waals surface area contributed by atoms with Gasteiger partial charge in [-0.25, -0.2) is 22.3 Å². The van der Waals surface area contributed by atoms with Crippen molar-refractivity contribution in [2.24, 2.45) is 0 Å². The molecule has 1 aliphatic rings. The number of sulfonamides is 1. The predicted octanol–water partition coefficient (Wildman–Crippen LogP) is 1.81. The molecule has 0 saturated heterocycles. The van der Waals surface area contributed by atoms with Gasteiger partial charge in [0.15, 0.2) is 0 Å². The minimum atomic E-state index is -4.37. The number of nitrogens with one attached hydrogen (secondary N) is 2. The molecule has 0 aliphatic carbocycles. The number of hydrogen-bond donors (Lipinski definition) is 3. The van der Waals surface area contributed by atoms with Gasteiger partial charge in [-0.2, -0.15) is 4.72 Å². The summed E-state index contributed by atoms with van der Waals surface area (Å²) in [5.41, 5.74) is 1.92. The largest absolute Gasteiger partial charge is 0.289 e. The Bertz CT molecular complexity index is 1530. The second-order valence-electron chi connectivity index (χ2n) is 8.02. The van der Waals surface area contributed by atoms with E-state index in [0.717, 1.165) is 11.0 Å². The summed E-state index contributed by atoms with van der Waals surface area (Å²) >= 11 is 0.656. The Kier molecular flexibility index (Phi) is 7.57. The van der Waals surface area contributed by atoms with Crippen molar-refractivity contribution in [2.45, 2.75) is 32.9 Å². The summed E-state index contributed by atoms with van der Waals surface area (Å²) in [5, 5.41) is 10.3. The third-order valence-corrected chi connectivity index (χ3v) is 10.5. The Labute approximate surface area is 216 Å². The Morgan fingerprint density at radius 3 is 2.11 bits per heavy atom. The molecule has 0 bridgehead atoms. The highest BCUT2D eigenvalue weighted by molar-refractivity contribution is 7.93. The summed E-state index contributed by atoms with van der Waals surface area (Å²) in [4.78, 5) is 38.0. The molecule has 0 unspecified atom stereocenters. The van der Waals surface area contributed by atoms with Gasteiger partial charge in [0, 0.05) is 11.9 Å². The van der Waals surface area contributed by atoms with E-state index in [-0.39, 0.29) is 44.5 Å². The summed E-state index contributed by atoms with van der Waals surface area (Å²) < 4.78 is 53.3. The first-order chi connectivity index (χ1) is 17.6. The number of fused-ring (bicyclic) bond motifs is 1. The van der Waals surface area contributed by atoms with Crippen LogP contribution < -0.4 is 10.2 Å². The van der Waals surface area contributed by atoms with Crippen LogP contribution in [-0.2, 0) is 24.7 Å². The number of carbonyl (C=O) groups excluding carboxylic acids is 3. The van der Waals surface area contributed by atoms with Gasteiger partial charge < -0.3 is 0 Å². The SMILES string of the molecule is O=C(NO)[C@@H](CCCN1C(=O)c2ccccc2C1=O)NS(=O)(=O)c1cc(S(=O)(=O)c2ccccc2)cs1. The number of hydroxylamine groups is 1. The lowest BCUT2D eigenvalue weighted by atomic mass is 10.1. The third kappa shape index (κ3) is 5.33. The average molecular weight is 564 g/mol. The van der Waals surface area contributed by atoms with Crippen LogP contribution in [0.1, 0.15) is 33.6 Å². The Morgan fingerprint density at radius 1 is 0.919 bits per heavy atom. The van der Waals surface area contributed by atoms with E-state index < -0.39 is 43.6 Å². The Morgan fingerprint density at radius 2 is 1.51 bits per heavy atom. The van der Waals surface area contributed by atoms with Crippen LogP contribution >= 0.6 is 11.3 Å². The molecule has 3 N–H and O–H groups in total. The van der Waals surface area contributed by atoms with Crippen molar-refractivity contribution >= 4 is 48.9 Å². The molecular formula is C23H21N3O8S3. The van der Waals surface area contributed by atoms with Crippen molar-refractivity contribution in [1.82, 2.24) is 15.1 Å². The van der Waals surface area contributed by atoms with E-state index >= 15 is 0 Å². The maximum Gasteiger partial charge on any atom is 0.261 e. The summed E-state index contributed by atoms with van der Waals surface area (Å²) in [6.07, 6.45) is -0.121. The molecular weight excluding hydrogens is 542 g/mol. The zero-order valence-corrected chi connectivity index (χ0v) is 21.5. The molecule has 2 aromatic carbocycles. The lowest BCUT2D eigenvalue weighted by Gasteiger charge is -2.18. The zero-order valence-electron chi connectivity index (χ0n) is 19.0. The lowest BCUT2D eigenvalue weighted by molar-refractivity contribution is -0.131. The molecule has 3 amide bonds. The predicted molar refractivity (Wildman–Crippen MR) is 131 cm³/mol. The minimum Gasteiger partial charge on any atom is -0.289 e. The summed E-state index contributed by atoms with van der Waals surface area (Å²) in [6, 6.07) is 13.3. The molecule has 0 spiro atoms. The third-order valence-electron chi connectivity index (χ3n) is 5.66. The van der Waals surface area contributed by atoms with Gasteiger partial charge in [0.1, 0.15) is 10.3 Å². The second kappa shape index (κ2) is 10.5. The number of hydrogen-bond acceptors (Lipinski definition) is 9. The summed E-state index contributed by atoms with van der Waals surface area (Å²) in [7, 11) is -8.32. The number of thiophene rings is 1. The van der Waals surface area contributed by atoms with Crippen LogP contribution in [0.5, 0.6) is 0 Å². The van der Waals surface area contributed by atoms with Crippen molar-refractivity contribution in [3.05, 3.63) is 77.2 Å². The van der Waals surface area contributed by atoms with E-state index in [1.54, 1.807) is 30.3 Å². The molecule has 0 radical (unpaired) electrons. The number of rotatable bonds is 10. The number of carbonyl (C=O) groups is 3. The highest BCUT2D eigenvalue weighted by Gasteiger charge is 2.35. The first-order valence-electron chi connectivity index (χ1n) is 10.9. The fraction of sp³-hybridized carbons (Fsp3) is 0.174. The van der Waals surface area contributed by atoms with Crippen molar-refractivity contribution < 1.29 is 36.4 Å². The average Bonchev–Trinajstić information content (AvgIpc) is 3.50. The van der Waals surface area contributed by atoms with E-state index in [1.165, 1.54) is 35.1 Å². The number of amides is 3. The Balaban J connectivity index is 1.46. The number of nitrogens with zero attached hydrogens (tertiary/aromatic N) is 1. The second-order valence-corrected chi connectivity index (χ2v) is 12.8. The monoisotopic (exact) mass is 563 g/mol. The first kappa shape index (κ1) is 26.6. The lowest BCUT2D eigenvalue weighted by Crippen LogP contribution is -2.46. The van der Waals surface area contributed by atoms with Gasteiger partial charge in [-0.15, -0.1) is 11.3 Å². The van der Waals surface area contributed by atoms with Gasteiger partial charge >= 0.3 is 0 Å².